The smallest absolute Gasteiger partial charge is 0.243 e. The number of nitrogens with one attached hydrogen (secondary N) is 2. The van der Waals surface area contributed by atoms with Crippen LogP contribution in [0.25, 0.3) is 0 Å². The van der Waals surface area contributed by atoms with Crippen LogP contribution in [0.1, 0.15) is 40.0 Å². The number of hydrogen-bond acceptors (Lipinski definition) is 4. The van der Waals surface area contributed by atoms with Crippen molar-refractivity contribution in [3.05, 3.63) is 28.7 Å². The molecule has 1 aromatic rings. The first kappa shape index (κ1) is 22.8. The molecule has 1 aliphatic heterocycles. The number of sulfonamides is 1. The quantitative estimate of drug-likeness (QED) is 0.634. The molecule has 2 N–H and O–H groups in total. The summed E-state index contributed by atoms with van der Waals surface area (Å²) in [6, 6.07) is 5.82. The van der Waals surface area contributed by atoms with Gasteiger partial charge in [-0.2, -0.15) is 4.31 Å². The molecular weight excluding hydrogens is 446 g/mol. The molecule has 2 rings (SSSR count). The van der Waals surface area contributed by atoms with Gasteiger partial charge in [-0.1, -0.05) is 22.9 Å². The molecule has 0 radical (unpaired) electrons. The number of carbonyl (C=O) groups is 2. The Bertz CT molecular complexity index is 798. The summed E-state index contributed by atoms with van der Waals surface area (Å²) in [4.78, 5) is 24.9. The number of amides is 2. The molecule has 1 aliphatic rings. The SMILES string of the molecule is CCC(C)NC(=O)C(C)NC(=O)C1CCCN(S(=O)(=O)c2ccc(Br)cc2)C1. The fourth-order valence-electron chi connectivity index (χ4n) is 3.00. The first-order valence-corrected chi connectivity index (χ1v) is 11.7. The molecular formula is C19H28BrN3O4S. The van der Waals surface area contributed by atoms with E-state index >= 15 is 0 Å². The number of nitrogens with zero attached hydrogens (tertiary/aromatic N) is 1. The van der Waals surface area contributed by atoms with Gasteiger partial charge in [-0.25, -0.2) is 8.42 Å². The molecule has 3 unspecified atom stereocenters. The van der Waals surface area contributed by atoms with E-state index in [0.29, 0.717) is 19.4 Å². The van der Waals surface area contributed by atoms with Crippen molar-refractivity contribution in [1.82, 2.24) is 14.9 Å². The maximum Gasteiger partial charge on any atom is 0.243 e. The maximum atomic E-state index is 12.9. The summed E-state index contributed by atoms with van der Waals surface area (Å²) < 4.78 is 27.9. The highest BCUT2D eigenvalue weighted by Crippen LogP contribution is 2.25. The van der Waals surface area contributed by atoms with Gasteiger partial charge in [0, 0.05) is 23.6 Å². The van der Waals surface area contributed by atoms with Crippen molar-refractivity contribution in [3.8, 4) is 0 Å². The lowest BCUT2D eigenvalue weighted by molar-refractivity contribution is -0.131. The number of hydrogen-bond donors (Lipinski definition) is 2. The van der Waals surface area contributed by atoms with E-state index in [-0.39, 0.29) is 29.3 Å². The van der Waals surface area contributed by atoms with Crippen molar-refractivity contribution in [1.29, 1.82) is 0 Å². The molecule has 0 bridgehead atoms. The van der Waals surface area contributed by atoms with Gasteiger partial charge in [0.2, 0.25) is 21.8 Å². The van der Waals surface area contributed by atoms with E-state index in [1.54, 1.807) is 31.2 Å². The second-order valence-corrected chi connectivity index (χ2v) is 10.1. The van der Waals surface area contributed by atoms with Crippen molar-refractivity contribution in [2.24, 2.45) is 5.92 Å². The van der Waals surface area contributed by atoms with Crippen LogP contribution in [0.3, 0.4) is 0 Å². The van der Waals surface area contributed by atoms with E-state index in [9.17, 15) is 18.0 Å². The molecule has 1 fully saturated rings. The molecule has 1 aromatic carbocycles. The topological polar surface area (TPSA) is 95.6 Å². The van der Waals surface area contributed by atoms with E-state index < -0.39 is 22.0 Å². The predicted molar refractivity (Wildman–Crippen MR) is 111 cm³/mol. The third-order valence-corrected chi connectivity index (χ3v) is 7.37. The Morgan fingerprint density at radius 2 is 1.86 bits per heavy atom. The average Bonchev–Trinajstić information content (AvgIpc) is 2.68. The van der Waals surface area contributed by atoms with Gasteiger partial charge in [0.1, 0.15) is 6.04 Å². The lowest BCUT2D eigenvalue weighted by Crippen LogP contribution is -2.51. The summed E-state index contributed by atoms with van der Waals surface area (Å²) in [6.45, 7) is 6.00. The molecule has 0 spiro atoms. The van der Waals surface area contributed by atoms with Gasteiger partial charge in [0.15, 0.2) is 0 Å². The molecule has 7 nitrogen and oxygen atoms in total. The van der Waals surface area contributed by atoms with E-state index in [4.69, 9.17) is 0 Å². The summed E-state index contributed by atoms with van der Waals surface area (Å²) in [5.41, 5.74) is 0. The number of benzene rings is 1. The van der Waals surface area contributed by atoms with Crippen LogP contribution in [0.2, 0.25) is 0 Å². The van der Waals surface area contributed by atoms with Gasteiger partial charge in [0.25, 0.3) is 0 Å². The van der Waals surface area contributed by atoms with Crippen LogP contribution in [-0.2, 0) is 19.6 Å². The summed E-state index contributed by atoms with van der Waals surface area (Å²) in [6.07, 6.45) is 2.00. The second-order valence-electron chi connectivity index (χ2n) is 7.20. The minimum atomic E-state index is -3.66. The average molecular weight is 474 g/mol. The summed E-state index contributed by atoms with van der Waals surface area (Å²) in [7, 11) is -3.66. The highest BCUT2D eigenvalue weighted by atomic mass is 79.9. The largest absolute Gasteiger partial charge is 0.352 e. The summed E-state index contributed by atoms with van der Waals surface area (Å²) in [5, 5.41) is 5.55. The van der Waals surface area contributed by atoms with E-state index in [1.165, 1.54) is 4.31 Å². The monoisotopic (exact) mass is 473 g/mol. The molecule has 0 saturated carbocycles. The first-order chi connectivity index (χ1) is 13.1. The highest BCUT2D eigenvalue weighted by molar-refractivity contribution is 9.10. The number of piperidine rings is 1. The van der Waals surface area contributed by atoms with Gasteiger partial charge >= 0.3 is 0 Å². The zero-order valence-electron chi connectivity index (χ0n) is 16.4. The predicted octanol–water partition coefficient (Wildman–Crippen LogP) is 2.27. The zero-order valence-corrected chi connectivity index (χ0v) is 18.8. The van der Waals surface area contributed by atoms with Crippen LogP contribution in [0.15, 0.2) is 33.6 Å². The van der Waals surface area contributed by atoms with Crippen molar-refractivity contribution in [3.63, 3.8) is 0 Å². The van der Waals surface area contributed by atoms with E-state index in [0.717, 1.165) is 10.9 Å². The normalized spacial score (nSPS) is 20.2. The van der Waals surface area contributed by atoms with Gasteiger partial charge in [-0.05, 0) is 57.4 Å². The van der Waals surface area contributed by atoms with Crippen LogP contribution in [0.5, 0.6) is 0 Å². The first-order valence-electron chi connectivity index (χ1n) is 9.51. The molecule has 156 valence electrons. The molecule has 1 saturated heterocycles. The Kier molecular flexibility index (Phi) is 8.03. The van der Waals surface area contributed by atoms with E-state index in [1.807, 2.05) is 13.8 Å². The maximum absolute atomic E-state index is 12.9. The summed E-state index contributed by atoms with van der Waals surface area (Å²) in [5.74, 6) is -1.00. The van der Waals surface area contributed by atoms with Crippen LogP contribution < -0.4 is 10.6 Å². The fraction of sp³-hybridized carbons (Fsp3) is 0.579. The summed E-state index contributed by atoms with van der Waals surface area (Å²) >= 11 is 3.30. The molecule has 1 heterocycles. The lowest BCUT2D eigenvalue weighted by Gasteiger charge is -2.31. The van der Waals surface area contributed by atoms with Gasteiger partial charge in [-0.3, -0.25) is 9.59 Å². The van der Waals surface area contributed by atoms with Gasteiger partial charge < -0.3 is 10.6 Å². The second kappa shape index (κ2) is 9.84. The van der Waals surface area contributed by atoms with Crippen LogP contribution in [0, 0.1) is 5.92 Å². The Labute approximate surface area is 175 Å². The number of carbonyl (C=O) groups excluding carboxylic acids is 2. The molecule has 2 amide bonds. The van der Waals surface area contributed by atoms with E-state index in [2.05, 4.69) is 26.6 Å². The van der Waals surface area contributed by atoms with Crippen molar-refractivity contribution >= 4 is 37.8 Å². The third kappa shape index (κ3) is 5.78. The molecule has 28 heavy (non-hydrogen) atoms. The standard InChI is InChI=1S/C19H28BrN3O4S/c1-4-13(2)21-18(24)14(3)22-19(25)15-6-5-11-23(12-15)28(26,27)17-9-7-16(20)8-10-17/h7-10,13-15H,4-6,11-12H2,1-3H3,(H,21,24)(H,22,25). The van der Waals surface area contributed by atoms with Crippen molar-refractivity contribution in [2.45, 2.75) is 57.0 Å². The third-order valence-electron chi connectivity index (χ3n) is 4.96. The minimum absolute atomic E-state index is 0.0353. The lowest BCUT2D eigenvalue weighted by atomic mass is 9.98. The Morgan fingerprint density at radius 1 is 1.21 bits per heavy atom. The van der Waals surface area contributed by atoms with Crippen LogP contribution >= 0.6 is 15.9 Å². The van der Waals surface area contributed by atoms with Crippen molar-refractivity contribution in [2.75, 3.05) is 13.1 Å². The minimum Gasteiger partial charge on any atom is -0.352 e. The Morgan fingerprint density at radius 3 is 2.46 bits per heavy atom. The Hall–Kier alpha value is -1.45. The van der Waals surface area contributed by atoms with Gasteiger partial charge in [0.05, 0.1) is 10.8 Å². The number of halogens is 1. The molecule has 0 aliphatic carbocycles. The highest BCUT2D eigenvalue weighted by Gasteiger charge is 2.34. The van der Waals surface area contributed by atoms with Crippen LogP contribution in [0.4, 0.5) is 0 Å². The molecule has 0 aromatic heterocycles. The van der Waals surface area contributed by atoms with Crippen molar-refractivity contribution < 1.29 is 18.0 Å². The molecule has 3 atom stereocenters. The van der Waals surface area contributed by atoms with Crippen LogP contribution in [-0.4, -0.2) is 49.7 Å². The fourth-order valence-corrected chi connectivity index (χ4v) is 4.79. The number of rotatable bonds is 7. The zero-order chi connectivity index (χ0) is 20.9. The van der Waals surface area contributed by atoms with Gasteiger partial charge in [-0.15, -0.1) is 0 Å². The molecule has 9 heteroatoms. The Balaban J connectivity index is 2.01.